The van der Waals surface area contributed by atoms with E-state index in [9.17, 15) is 0 Å². The lowest BCUT2D eigenvalue weighted by Gasteiger charge is -2.24. The second-order valence-corrected chi connectivity index (χ2v) is 7.93. The number of anilines is 1. The first-order valence-electron chi connectivity index (χ1n) is 9.49. The summed E-state index contributed by atoms with van der Waals surface area (Å²) in [6.45, 7) is 4.25. The average molecular weight is 335 g/mol. The van der Waals surface area contributed by atoms with E-state index >= 15 is 0 Å². The molecule has 0 amide bonds. The molecule has 1 saturated carbocycles. The third kappa shape index (κ3) is 2.80. The quantitative estimate of drug-likeness (QED) is 0.790. The highest BCUT2D eigenvalue weighted by molar-refractivity contribution is 5.74. The Balaban J connectivity index is 1.56. The van der Waals surface area contributed by atoms with Gasteiger partial charge in [-0.15, -0.1) is 0 Å². The Hall–Kier alpha value is -2.01. The third-order valence-corrected chi connectivity index (χ3v) is 5.95. The van der Waals surface area contributed by atoms with Crippen LogP contribution in [-0.2, 0) is 5.41 Å². The summed E-state index contributed by atoms with van der Waals surface area (Å²) < 4.78 is 0. The van der Waals surface area contributed by atoms with Crippen LogP contribution >= 0.6 is 0 Å². The molecule has 0 radical (unpaired) electrons. The minimum absolute atomic E-state index is 0.152. The summed E-state index contributed by atoms with van der Waals surface area (Å²) in [5.74, 6) is 2.82. The second-order valence-electron chi connectivity index (χ2n) is 7.93. The summed E-state index contributed by atoms with van der Waals surface area (Å²) in [4.78, 5) is 19.5. The van der Waals surface area contributed by atoms with Gasteiger partial charge in [0.15, 0.2) is 5.82 Å². The van der Waals surface area contributed by atoms with Gasteiger partial charge in [0.05, 0.1) is 0 Å². The zero-order valence-corrected chi connectivity index (χ0v) is 14.9. The van der Waals surface area contributed by atoms with Crippen LogP contribution in [0.4, 0.5) is 5.95 Å². The first-order chi connectivity index (χ1) is 12.2. The summed E-state index contributed by atoms with van der Waals surface area (Å²) in [5.41, 5.74) is 2.78. The van der Waals surface area contributed by atoms with E-state index in [0.29, 0.717) is 0 Å². The van der Waals surface area contributed by atoms with Gasteiger partial charge in [0.2, 0.25) is 5.95 Å². The van der Waals surface area contributed by atoms with Crippen LogP contribution in [0, 0.1) is 0 Å². The molecule has 5 nitrogen and oxygen atoms in total. The van der Waals surface area contributed by atoms with E-state index < -0.39 is 0 Å². The summed E-state index contributed by atoms with van der Waals surface area (Å²) in [6, 6.07) is 0. The van der Waals surface area contributed by atoms with Gasteiger partial charge in [0.1, 0.15) is 5.82 Å². The van der Waals surface area contributed by atoms with Crippen molar-refractivity contribution in [1.29, 1.82) is 0 Å². The molecule has 1 aromatic heterocycles. The molecule has 3 aliphatic heterocycles. The van der Waals surface area contributed by atoms with Gasteiger partial charge in [-0.2, -0.15) is 9.97 Å². The smallest absolute Gasteiger partial charge is 0.229 e. The van der Waals surface area contributed by atoms with Gasteiger partial charge in [0.25, 0.3) is 0 Å². The highest BCUT2D eigenvalue weighted by atomic mass is 15.3. The minimum atomic E-state index is 0.152. The summed E-state index contributed by atoms with van der Waals surface area (Å²) in [7, 11) is 2.20. The van der Waals surface area contributed by atoms with Crippen LogP contribution in [0.5, 0.6) is 0 Å². The number of allylic oxidation sites excluding steroid dienone is 6. The Morgan fingerprint density at radius 1 is 1.04 bits per heavy atom. The van der Waals surface area contributed by atoms with E-state index in [1.54, 1.807) is 0 Å². The molecule has 0 aromatic carbocycles. The molecule has 0 N–H and O–H groups in total. The molecule has 6 rings (SSSR count). The Labute approximate surface area is 149 Å². The van der Waals surface area contributed by atoms with Crippen molar-refractivity contribution in [3.05, 3.63) is 41.5 Å². The fourth-order valence-electron chi connectivity index (χ4n) is 3.95. The fraction of sp³-hybridized carbons (Fsp3) is 0.550. The van der Waals surface area contributed by atoms with Crippen LogP contribution in [0.15, 0.2) is 29.9 Å². The normalized spacial score (nSPS) is 28.1. The third-order valence-electron chi connectivity index (χ3n) is 5.95. The van der Waals surface area contributed by atoms with Gasteiger partial charge < -0.3 is 9.80 Å². The molecule has 2 aliphatic carbocycles. The number of nitrogens with zero attached hydrogens (tertiary/aromatic N) is 5. The monoisotopic (exact) mass is 335 g/mol. The molecule has 4 bridgehead atoms. The van der Waals surface area contributed by atoms with Gasteiger partial charge in [-0.25, -0.2) is 4.98 Å². The van der Waals surface area contributed by atoms with E-state index in [-0.39, 0.29) is 5.41 Å². The molecule has 1 aromatic rings. The highest BCUT2D eigenvalue weighted by Crippen LogP contribution is 2.50. The van der Waals surface area contributed by atoms with Crippen LogP contribution in [0.1, 0.15) is 43.8 Å². The zero-order valence-electron chi connectivity index (χ0n) is 14.9. The molecule has 4 heterocycles. The molecule has 5 aliphatic rings. The predicted molar refractivity (Wildman–Crippen MR) is 99.5 cm³/mol. The molecular weight excluding hydrogens is 310 g/mol. The lowest BCUT2D eigenvalue weighted by molar-refractivity contribution is 0.360. The van der Waals surface area contributed by atoms with E-state index in [1.807, 2.05) is 0 Å². The van der Waals surface area contributed by atoms with Crippen molar-refractivity contribution in [3.63, 3.8) is 0 Å². The van der Waals surface area contributed by atoms with Crippen LogP contribution < -0.4 is 4.90 Å². The van der Waals surface area contributed by atoms with Crippen molar-refractivity contribution in [1.82, 2.24) is 19.9 Å². The first kappa shape index (κ1) is 15.3. The molecule has 5 heteroatoms. The number of hydrogen-bond acceptors (Lipinski definition) is 5. The first-order valence-corrected chi connectivity index (χ1v) is 9.49. The standard InChI is InChI=1S/C20H25N5/c1-24-9-4-10-25(12-11-24)19-22-17-16-13-15(14-16)5-2-3-6-20(7-8-20)18(21-17)23-19/h2-3,5,13H,4,6-12,14H2,1H3/b3-2-,15-5+. The lowest BCUT2D eigenvalue weighted by Crippen LogP contribution is -2.31. The van der Waals surface area contributed by atoms with E-state index in [4.69, 9.17) is 15.0 Å². The van der Waals surface area contributed by atoms with Crippen molar-refractivity contribution in [2.75, 3.05) is 38.1 Å². The van der Waals surface area contributed by atoms with Crippen LogP contribution in [0.25, 0.3) is 5.57 Å². The Bertz CT molecular complexity index is 787. The molecule has 1 spiro atoms. The zero-order chi connectivity index (χ0) is 16.9. The van der Waals surface area contributed by atoms with Gasteiger partial charge in [0, 0.05) is 37.0 Å². The molecular formula is C20H25N5. The molecule has 2 fully saturated rings. The van der Waals surface area contributed by atoms with Crippen molar-refractivity contribution in [3.8, 4) is 0 Å². The fourth-order valence-corrected chi connectivity index (χ4v) is 3.95. The molecule has 25 heavy (non-hydrogen) atoms. The number of fused-ring (bicyclic) bond motifs is 2. The predicted octanol–water partition coefficient (Wildman–Crippen LogP) is 2.72. The molecule has 0 atom stereocenters. The summed E-state index contributed by atoms with van der Waals surface area (Å²) in [6.07, 6.45) is 14.5. The Morgan fingerprint density at radius 2 is 1.92 bits per heavy atom. The highest BCUT2D eigenvalue weighted by Gasteiger charge is 2.47. The number of rotatable bonds is 1. The minimum Gasteiger partial charge on any atom is -0.339 e. The topological polar surface area (TPSA) is 45.2 Å². The van der Waals surface area contributed by atoms with Crippen molar-refractivity contribution >= 4 is 11.5 Å². The molecule has 1 saturated heterocycles. The van der Waals surface area contributed by atoms with Gasteiger partial charge in [-0.05, 0) is 44.8 Å². The van der Waals surface area contributed by atoms with Crippen molar-refractivity contribution in [2.45, 2.75) is 37.5 Å². The van der Waals surface area contributed by atoms with Crippen LogP contribution in [-0.4, -0.2) is 53.1 Å². The Morgan fingerprint density at radius 3 is 2.76 bits per heavy atom. The maximum atomic E-state index is 4.97. The lowest BCUT2D eigenvalue weighted by atomic mass is 9.91. The summed E-state index contributed by atoms with van der Waals surface area (Å²) in [5, 5.41) is 0. The molecule has 130 valence electrons. The number of likely N-dealkylation sites (N-methyl/N-ethyl adjacent to an activating group) is 1. The van der Waals surface area contributed by atoms with E-state index in [0.717, 1.165) is 63.0 Å². The van der Waals surface area contributed by atoms with Crippen molar-refractivity contribution < 1.29 is 0 Å². The Kier molecular flexibility index (Phi) is 3.52. The van der Waals surface area contributed by atoms with E-state index in [1.165, 1.54) is 24.0 Å². The van der Waals surface area contributed by atoms with Gasteiger partial charge in [-0.3, -0.25) is 0 Å². The van der Waals surface area contributed by atoms with Crippen LogP contribution in [0.2, 0.25) is 0 Å². The number of aromatic nitrogens is 3. The van der Waals surface area contributed by atoms with Gasteiger partial charge >= 0.3 is 0 Å². The second kappa shape index (κ2) is 5.77. The SMILES string of the molecule is CN1CCCN(c2nc3nc(n2)C2(C/C=C\C=C4/C=C3C4)CC2)CC1. The summed E-state index contributed by atoms with van der Waals surface area (Å²) >= 11 is 0. The van der Waals surface area contributed by atoms with Crippen molar-refractivity contribution in [2.24, 2.45) is 0 Å². The maximum absolute atomic E-state index is 4.97. The van der Waals surface area contributed by atoms with Crippen LogP contribution in [0.3, 0.4) is 0 Å². The maximum Gasteiger partial charge on any atom is 0.229 e. The largest absolute Gasteiger partial charge is 0.339 e. The molecule has 0 unspecified atom stereocenters. The number of hydrogen-bond donors (Lipinski definition) is 0. The average Bonchev–Trinajstić information content (AvgIpc) is 3.37. The van der Waals surface area contributed by atoms with Gasteiger partial charge in [-0.1, -0.05) is 24.3 Å². The van der Waals surface area contributed by atoms with E-state index in [2.05, 4.69) is 41.2 Å².